The van der Waals surface area contributed by atoms with Gasteiger partial charge in [-0.2, -0.15) is 0 Å². The Balaban J connectivity index is 1.48. The lowest BCUT2D eigenvalue weighted by Gasteiger charge is -2.31. The van der Waals surface area contributed by atoms with Crippen molar-refractivity contribution < 1.29 is 24.2 Å². The number of hydrogen-bond acceptors (Lipinski definition) is 8. The highest BCUT2D eigenvalue weighted by molar-refractivity contribution is 5.87. The van der Waals surface area contributed by atoms with E-state index in [0.29, 0.717) is 24.1 Å². The molecule has 4 amide bonds. The minimum absolute atomic E-state index is 0.0146. The van der Waals surface area contributed by atoms with Crippen LogP contribution in [-0.4, -0.2) is 74.3 Å². The summed E-state index contributed by atoms with van der Waals surface area (Å²) < 4.78 is 5.42. The van der Waals surface area contributed by atoms with Crippen molar-refractivity contribution in [1.29, 1.82) is 0 Å². The Labute approximate surface area is 287 Å². The van der Waals surface area contributed by atoms with Crippen molar-refractivity contribution in [3.63, 3.8) is 0 Å². The minimum atomic E-state index is -1.07. The van der Waals surface area contributed by atoms with Gasteiger partial charge >= 0.3 is 12.1 Å². The van der Waals surface area contributed by atoms with Gasteiger partial charge in [-0.3, -0.25) is 9.78 Å². The topological polar surface area (TPSA) is 159 Å². The second kappa shape index (κ2) is 18.8. The zero-order valence-corrected chi connectivity index (χ0v) is 28.1. The average Bonchev–Trinajstić information content (AvgIpc) is 3.10. The molecule has 0 saturated carbocycles. The molecule has 0 radical (unpaired) electrons. The van der Waals surface area contributed by atoms with E-state index < -0.39 is 42.3 Å². The van der Waals surface area contributed by atoms with Crippen molar-refractivity contribution in [3.05, 3.63) is 126 Å². The molecule has 4 N–H and O–H groups in total. The predicted molar refractivity (Wildman–Crippen MR) is 185 cm³/mol. The summed E-state index contributed by atoms with van der Waals surface area (Å²) in [4.78, 5) is 53.5. The monoisotopic (exact) mass is 667 g/mol. The first-order valence-electron chi connectivity index (χ1n) is 16.3. The zero-order valence-electron chi connectivity index (χ0n) is 28.1. The molecule has 1 unspecified atom stereocenters. The molecule has 0 aliphatic heterocycles. The van der Waals surface area contributed by atoms with Gasteiger partial charge in [0.2, 0.25) is 5.91 Å². The summed E-state index contributed by atoms with van der Waals surface area (Å²) in [6.45, 7) is 3.95. The van der Waals surface area contributed by atoms with Crippen LogP contribution in [0, 0.1) is 5.92 Å². The van der Waals surface area contributed by atoms with E-state index >= 15 is 0 Å². The number of ether oxygens (including phenoxy) is 1. The van der Waals surface area contributed by atoms with Gasteiger partial charge < -0.3 is 30.7 Å². The first-order valence-corrected chi connectivity index (χ1v) is 16.3. The molecule has 49 heavy (non-hydrogen) atoms. The van der Waals surface area contributed by atoms with Crippen LogP contribution >= 0.6 is 0 Å². The fourth-order valence-corrected chi connectivity index (χ4v) is 5.32. The van der Waals surface area contributed by atoms with Crippen LogP contribution in [0.4, 0.5) is 9.59 Å². The van der Waals surface area contributed by atoms with E-state index in [1.807, 2.05) is 86.6 Å². The van der Waals surface area contributed by atoms with Crippen molar-refractivity contribution in [2.24, 2.45) is 5.92 Å². The molecule has 4 aromatic rings. The lowest BCUT2D eigenvalue weighted by atomic mass is 9.93. The lowest BCUT2D eigenvalue weighted by Crippen LogP contribution is -2.57. The summed E-state index contributed by atoms with van der Waals surface area (Å²) in [7, 11) is 1.64. The third-order valence-corrected chi connectivity index (χ3v) is 7.95. The first kappa shape index (κ1) is 36.5. The molecular weight excluding hydrogens is 622 g/mol. The van der Waals surface area contributed by atoms with Gasteiger partial charge in [0.05, 0.1) is 24.4 Å². The number of aromatic nitrogens is 3. The molecule has 4 atom stereocenters. The maximum Gasteiger partial charge on any atom is 0.407 e. The molecule has 2 aromatic heterocycles. The Morgan fingerprint density at radius 3 is 2.06 bits per heavy atom. The Morgan fingerprint density at radius 1 is 0.816 bits per heavy atom. The average molecular weight is 668 g/mol. The minimum Gasteiger partial charge on any atom is -0.445 e. The summed E-state index contributed by atoms with van der Waals surface area (Å²) in [5.41, 5.74) is 3.22. The van der Waals surface area contributed by atoms with Crippen LogP contribution < -0.4 is 16.0 Å². The lowest BCUT2D eigenvalue weighted by molar-refractivity contribution is -0.125. The van der Waals surface area contributed by atoms with Crippen LogP contribution in [-0.2, 0) is 35.5 Å². The van der Waals surface area contributed by atoms with Gasteiger partial charge in [0.1, 0.15) is 19.0 Å². The van der Waals surface area contributed by atoms with Crippen LogP contribution in [0.3, 0.4) is 0 Å². The number of aliphatic hydroxyl groups excluding tert-OH is 1. The fourth-order valence-electron chi connectivity index (χ4n) is 5.32. The first-order chi connectivity index (χ1) is 23.7. The number of nitrogens with one attached hydrogen (secondary N) is 3. The van der Waals surface area contributed by atoms with Gasteiger partial charge in [-0.1, -0.05) is 80.6 Å². The van der Waals surface area contributed by atoms with Gasteiger partial charge in [0.15, 0.2) is 0 Å². The molecule has 12 nitrogen and oxygen atoms in total. The molecule has 12 heteroatoms. The summed E-state index contributed by atoms with van der Waals surface area (Å²) in [5, 5.41) is 20.5. The van der Waals surface area contributed by atoms with E-state index in [2.05, 4.69) is 30.9 Å². The summed E-state index contributed by atoms with van der Waals surface area (Å²) in [6.07, 6.45) is 5.30. The molecule has 258 valence electrons. The molecule has 0 bridgehead atoms. The number of benzene rings is 2. The number of carbonyl (C=O) groups is 3. The number of hydrogen-bond donors (Lipinski definition) is 4. The smallest absolute Gasteiger partial charge is 0.407 e. The van der Waals surface area contributed by atoms with Gasteiger partial charge in [-0.25, -0.2) is 19.6 Å². The molecule has 0 aliphatic carbocycles. The number of alkyl carbamates (subject to hydrolysis) is 1. The largest absolute Gasteiger partial charge is 0.445 e. The number of nitrogens with zero attached hydrogens (tertiary/aromatic N) is 4. The standard InChI is InChI=1S/C37H45N7O5/c1-26(2)34(43-36(47)44(3)23-30-16-10-11-17-40-30)35(46)42-32(19-28-14-8-5-9-15-28)33(45)20-31(18-27-12-6-4-7-13-27)41-37(48)49-24-29-21-38-25-39-22-29/h4-17,21-22,25-26,31-34,45H,18-20,23-24H2,1-3H3,(H,41,48)(H,42,46)(H,43,47)/t31-,32-,33-,34?/m0/s1. The number of aliphatic hydroxyl groups is 1. The van der Waals surface area contributed by atoms with E-state index in [4.69, 9.17) is 4.74 Å². The molecule has 2 heterocycles. The number of rotatable bonds is 16. The van der Waals surface area contributed by atoms with Gasteiger partial charge in [0.25, 0.3) is 0 Å². The van der Waals surface area contributed by atoms with Crippen molar-refractivity contribution in [2.75, 3.05) is 7.05 Å². The van der Waals surface area contributed by atoms with Crippen LogP contribution in [0.25, 0.3) is 0 Å². The highest BCUT2D eigenvalue weighted by Crippen LogP contribution is 2.16. The molecule has 0 fully saturated rings. The Morgan fingerprint density at radius 2 is 1.45 bits per heavy atom. The van der Waals surface area contributed by atoms with E-state index in [9.17, 15) is 19.5 Å². The molecular formula is C37H45N7O5. The van der Waals surface area contributed by atoms with Crippen molar-refractivity contribution in [2.45, 2.75) is 70.5 Å². The maximum atomic E-state index is 13.8. The van der Waals surface area contributed by atoms with Crippen molar-refractivity contribution >= 4 is 18.0 Å². The van der Waals surface area contributed by atoms with Gasteiger partial charge in [-0.15, -0.1) is 0 Å². The quantitative estimate of drug-likeness (QED) is 0.139. The van der Waals surface area contributed by atoms with Gasteiger partial charge in [-0.05, 0) is 48.4 Å². The van der Waals surface area contributed by atoms with Crippen molar-refractivity contribution in [3.8, 4) is 0 Å². The highest BCUT2D eigenvalue weighted by atomic mass is 16.5. The number of pyridine rings is 1. The molecule has 0 saturated heterocycles. The fraction of sp³-hybridized carbons (Fsp3) is 0.351. The number of urea groups is 1. The SMILES string of the molecule is CC(C)C(NC(=O)N(C)Cc1ccccn1)C(=O)N[C@@H](Cc1ccccc1)[C@@H](O)C[C@H](Cc1ccccc1)NC(=O)OCc1cncnc1. The van der Waals surface area contributed by atoms with E-state index in [1.54, 1.807) is 31.7 Å². The number of amides is 4. The van der Waals surface area contributed by atoms with Crippen LogP contribution in [0.15, 0.2) is 104 Å². The van der Waals surface area contributed by atoms with E-state index in [1.165, 1.54) is 11.2 Å². The summed E-state index contributed by atoms with van der Waals surface area (Å²) in [5.74, 6) is -0.675. The van der Waals surface area contributed by atoms with Crippen molar-refractivity contribution in [1.82, 2.24) is 35.8 Å². The number of carbonyl (C=O) groups excluding carboxylic acids is 3. The molecule has 0 spiro atoms. The molecule has 2 aromatic carbocycles. The van der Waals surface area contributed by atoms with Crippen LogP contribution in [0.5, 0.6) is 0 Å². The maximum absolute atomic E-state index is 13.8. The normalized spacial score (nSPS) is 13.4. The Bertz CT molecular complexity index is 1580. The van der Waals surface area contributed by atoms with E-state index in [0.717, 1.165) is 11.1 Å². The van der Waals surface area contributed by atoms with E-state index in [-0.39, 0.29) is 25.5 Å². The third kappa shape index (κ3) is 12.3. The summed E-state index contributed by atoms with van der Waals surface area (Å²) in [6, 6.07) is 22.0. The Hall–Kier alpha value is -5.36. The van der Waals surface area contributed by atoms with Crippen LogP contribution in [0.1, 0.15) is 42.7 Å². The third-order valence-electron chi connectivity index (χ3n) is 7.95. The summed E-state index contributed by atoms with van der Waals surface area (Å²) >= 11 is 0. The second-order valence-corrected chi connectivity index (χ2v) is 12.3. The Kier molecular flexibility index (Phi) is 14.0. The highest BCUT2D eigenvalue weighted by Gasteiger charge is 2.31. The molecule has 0 aliphatic rings. The molecule has 4 rings (SSSR count). The zero-order chi connectivity index (χ0) is 35.0. The predicted octanol–water partition coefficient (Wildman–Crippen LogP) is 4.05. The van der Waals surface area contributed by atoms with Crippen LogP contribution in [0.2, 0.25) is 0 Å². The second-order valence-electron chi connectivity index (χ2n) is 12.3. The van der Waals surface area contributed by atoms with Gasteiger partial charge in [0, 0.05) is 37.2 Å².